The van der Waals surface area contributed by atoms with E-state index in [4.69, 9.17) is 0 Å². The Morgan fingerprint density at radius 3 is 2.56 bits per heavy atom. The van der Waals surface area contributed by atoms with Crippen LogP contribution in [0.4, 0.5) is 0 Å². The van der Waals surface area contributed by atoms with Gasteiger partial charge in [0.05, 0.1) is 0 Å². The van der Waals surface area contributed by atoms with Gasteiger partial charge >= 0.3 is 0 Å². The Morgan fingerprint density at radius 2 is 1.94 bits per heavy atom. The number of nitrogens with zero attached hydrogens (tertiary/aromatic N) is 2. The van der Waals surface area contributed by atoms with Gasteiger partial charge in [-0.1, -0.05) is 0 Å². The van der Waals surface area contributed by atoms with Crippen LogP contribution >= 0.6 is 0 Å². The summed E-state index contributed by atoms with van der Waals surface area (Å²) in [5.41, 5.74) is 1.37. The van der Waals surface area contributed by atoms with Gasteiger partial charge in [-0.3, -0.25) is 4.98 Å². The van der Waals surface area contributed by atoms with Gasteiger partial charge < -0.3 is 10.2 Å². The van der Waals surface area contributed by atoms with Gasteiger partial charge in [-0.05, 0) is 70.4 Å². The molecule has 1 saturated heterocycles. The SMILES string of the molecule is CC(C)N1CCC(NCCc2ccncc2)CC1. The number of piperidine rings is 1. The van der Waals surface area contributed by atoms with Crippen LogP contribution < -0.4 is 5.32 Å². The predicted molar refractivity (Wildman–Crippen MR) is 75.7 cm³/mol. The zero-order valence-electron chi connectivity index (χ0n) is 11.6. The molecule has 0 aliphatic carbocycles. The molecule has 2 heterocycles. The summed E-state index contributed by atoms with van der Waals surface area (Å²) in [6, 6.07) is 5.61. The van der Waals surface area contributed by atoms with E-state index in [1.54, 1.807) is 0 Å². The molecule has 0 spiro atoms. The Kier molecular flexibility index (Phi) is 5.14. The molecule has 3 heteroatoms. The highest BCUT2D eigenvalue weighted by Gasteiger charge is 2.19. The van der Waals surface area contributed by atoms with Gasteiger partial charge in [0.15, 0.2) is 0 Å². The first-order chi connectivity index (χ1) is 8.75. The molecular formula is C15H25N3. The van der Waals surface area contributed by atoms with Crippen LogP contribution in [-0.2, 0) is 6.42 Å². The lowest BCUT2D eigenvalue weighted by Crippen LogP contribution is -2.45. The maximum atomic E-state index is 4.04. The Morgan fingerprint density at radius 1 is 1.28 bits per heavy atom. The van der Waals surface area contributed by atoms with Gasteiger partial charge in [-0.2, -0.15) is 0 Å². The van der Waals surface area contributed by atoms with Crippen molar-refractivity contribution in [3.8, 4) is 0 Å². The van der Waals surface area contributed by atoms with E-state index in [1.165, 1.54) is 31.5 Å². The van der Waals surface area contributed by atoms with Crippen LogP contribution in [0.5, 0.6) is 0 Å². The summed E-state index contributed by atoms with van der Waals surface area (Å²) in [6.45, 7) is 8.14. The lowest BCUT2D eigenvalue weighted by Gasteiger charge is -2.35. The molecule has 1 N–H and O–H groups in total. The standard InChI is InChI=1S/C15H25N3/c1-13(2)18-11-6-15(7-12-18)17-10-5-14-3-8-16-9-4-14/h3-4,8-9,13,15,17H,5-7,10-12H2,1-2H3. The van der Waals surface area contributed by atoms with Crippen molar-refractivity contribution in [1.82, 2.24) is 15.2 Å². The fourth-order valence-corrected chi connectivity index (χ4v) is 2.59. The molecule has 1 aliphatic heterocycles. The first-order valence-corrected chi connectivity index (χ1v) is 7.12. The Hall–Kier alpha value is -0.930. The third-order valence-corrected chi connectivity index (χ3v) is 3.86. The third kappa shape index (κ3) is 4.07. The summed E-state index contributed by atoms with van der Waals surface area (Å²) in [4.78, 5) is 6.61. The van der Waals surface area contributed by atoms with Gasteiger partial charge in [-0.25, -0.2) is 0 Å². The van der Waals surface area contributed by atoms with Crippen molar-refractivity contribution in [2.75, 3.05) is 19.6 Å². The van der Waals surface area contributed by atoms with Crippen LogP contribution in [0, 0.1) is 0 Å². The molecule has 100 valence electrons. The fraction of sp³-hybridized carbons (Fsp3) is 0.667. The molecule has 18 heavy (non-hydrogen) atoms. The van der Waals surface area contributed by atoms with Gasteiger partial charge in [0.1, 0.15) is 0 Å². The minimum absolute atomic E-state index is 0.697. The molecule has 1 aromatic rings. The molecule has 1 aliphatic rings. The second-order valence-corrected chi connectivity index (χ2v) is 5.46. The topological polar surface area (TPSA) is 28.2 Å². The van der Waals surface area contributed by atoms with Crippen molar-refractivity contribution >= 4 is 0 Å². The first kappa shape index (κ1) is 13.5. The molecule has 0 atom stereocenters. The highest BCUT2D eigenvalue weighted by Crippen LogP contribution is 2.12. The maximum Gasteiger partial charge on any atom is 0.0270 e. The second kappa shape index (κ2) is 6.86. The van der Waals surface area contributed by atoms with E-state index in [9.17, 15) is 0 Å². The maximum absolute atomic E-state index is 4.04. The van der Waals surface area contributed by atoms with E-state index in [0.717, 1.165) is 13.0 Å². The van der Waals surface area contributed by atoms with Crippen LogP contribution in [0.25, 0.3) is 0 Å². The van der Waals surface area contributed by atoms with Crippen LogP contribution in [0.15, 0.2) is 24.5 Å². The fourth-order valence-electron chi connectivity index (χ4n) is 2.59. The van der Waals surface area contributed by atoms with Crippen molar-refractivity contribution in [3.63, 3.8) is 0 Å². The van der Waals surface area contributed by atoms with Gasteiger partial charge in [0, 0.05) is 24.5 Å². The minimum Gasteiger partial charge on any atom is -0.314 e. The van der Waals surface area contributed by atoms with Crippen molar-refractivity contribution in [3.05, 3.63) is 30.1 Å². The average molecular weight is 247 g/mol. The number of rotatable bonds is 5. The number of likely N-dealkylation sites (tertiary alicyclic amines) is 1. The van der Waals surface area contributed by atoms with Gasteiger partial charge in [0.25, 0.3) is 0 Å². The third-order valence-electron chi connectivity index (χ3n) is 3.86. The summed E-state index contributed by atoms with van der Waals surface area (Å²) in [7, 11) is 0. The molecule has 0 amide bonds. The molecule has 2 rings (SSSR count). The number of pyridine rings is 1. The lowest BCUT2D eigenvalue weighted by molar-refractivity contribution is 0.161. The molecular weight excluding hydrogens is 222 g/mol. The van der Waals surface area contributed by atoms with Crippen molar-refractivity contribution in [2.24, 2.45) is 0 Å². The first-order valence-electron chi connectivity index (χ1n) is 7.12. The molecule has 0 radical (unpaired) electrons. The zero-order valence-corrected chi connectivity index (χ0v) is 11.6. The molecule has 1 aromatic heterocycles. The predicted octanol–water partition coefficient (Wildman–Crippen LogP) is 2.09. The van der Waals surface area contributed by atoms with Gasteiger partial charge in [0.2, 0.25) is 0 Å². The van der Waals surface area contributed by atoms with E-state index in [1.807, 2.05) is 12.4 Å². The summed E-state index contributed by atoms with van der Waals surface area (Å²) in [5.74, 6) is 0. The summed E-state index contributed by atoms with van der Waals surface area (Å²) < 4.78 is 0. The van der Waals surface area contributed by atoms with E-state index in [2.05, 4.69) is 41.2 Å². The summed E-state index contributed by atoms with van der Waals surface area (Å²) in [5, 5.41) is 3.68. The smallest absolute Gasteiger partial charge is 0.0270 e. The number of nitrogens with one attached hydrogen (secondary N) is 1. The van der Waals surface area contributed by atoms with Crippen LogP contribution in [0.3, 0.4) is 0 Å². The van der Waals surface area contributed by atoms with E-state index >= 15 is 0 Å². The summed E-state index contributed by atoms with van der Waals surface area (Å²) >= 11 is 0. The molecule has 3 nitrogen and oxygen atoms in total. The molecule has 0 saturated carbocycles. The Balaban J connectivity index is 1.64. The Bertz CT molecular complexity index is 329. The molecule has 0 unspecified atom stereocenters. The van der Waals surface area contributed by atoms with E-state index in [0.29, 0.717) is 12.1 Å². The van der Waals surface area contributed by atoms with E-state index < -0.39 is 0 Å². The second-order valence-electron chi connectivity index (χ2n) is 5.46. The molecule has 1 fully saturated rings. The lowest BCUT2D eigenvalue weighted by atomic mass is 10.0. The molecule has 0 aromatic carbocycles. The number of hydrogen-bond donors (Lipinski definition) is 1. The van der Waals surface area contributed by atoms with Gasteiger partial charge in [-0.15, -0.1) is 0 Å². The van der Waals surface area contributed by atoms with Crippen molar-refractivity contribution < 1.29 is 0 Å². The van der Waals surface area contributed by atoms with Crippen molar-refractivity contribution in [2.45, 2.75) is 45.2 Å². The number of hydrogen-bond acceptors (Lipinski definition) is 3. The normalized spacial score (nSPS) is 18.4. The number of aromatic nitrogens is 1. The average Bonchev–Trinajstić information content (AvgIpc) is 2.40. The zero-order chi connectivity index (χ0) is 12.8. The Labute approximate surface area is 111 Å². The van der Waals surface area contributed by atoms with Crippen LogP contribution in [-0.4, -0.2) is 41.6 Å². The van der Waals surface area contributed by atoms with Crippen molar-refractivity contribution in [1.29, 1.82) is 0 Å². The highest BCUT2D eigenvalue weighted by molar-refractivity contribution is 5.09. The van der Waals surface area contributed by atoms with Crippen LogP contribution in [0.1, 0.15) is 32.3 Å². The van der Waals surface area contributed by atoms with E-state index in [-0.39, 0.29) is 0 Å². The highest BCUT2D eigenvalue weighted by atomic mass is 15.2. The van der Waals surface area contributed by atoms with Crippen LogP contribution in [0.2, 0.25) is 0 Å². The molecule has 0 bridgehead atoms. The largest absolute Gasteiger partial charge is 0.314 e. The minimum atomic E-state index is 0.697. The summed E-state index contributed by atoms with van der Waals surface area (Å²) in [6.07, 6.45) is 7.42. The monoisotopic (exact) mass is 247 g/mol. The quantitative estimate of drug-likeness (QED) is 0.863.